The molecule has 1 aromatic heterocycles. The Labute approximate surface area is 277 Å². The molecule has 2 unspecified atom stereocenters. The number of nitrogens with one attached hydrogen (secondary N) is 1. The van der Waals surface area contributed by atoms with Crippen molar-refractivity contribution in [1.82, 2.24) is 20.2 Å². The Kier molecular flexibility index (Phi) is 7.47. The van der Waals surface area contributed by atoms with Crippen molar-refractivity contribution in [2.24, 2.45) is 5.41 Å². The summed E-state index contributed by atoms with van der Waals surface area (Å²) in [5.41, 5.74) is -1.08. The van der Waals surface area contributed by atoms with Gasteiger partial charge < -0.3 is 24.8 Å². The molecule has 3 saturated heterocycles. The summed E-state index contributed by atoms with van der Waals surface area (Å²) in [5.74, 6) is -0.0859. The molecule has 4 heterocycles. The maximum atomic E-state index is 16.9. The second-order valence-corrected chi connectivity index (χ2v) is 14.6. The third kappa shape index (κ3) is 5.59. The fraction of sp³-hybridized carbons (Fsp3) is 0.459. The zero-order chi connectivity index (χ0) is 33.4. The van der Waals surface area contributed by atoms with E-state index in [0.717, 1.165) is 45.3 Å². The summed E-state index contributed by atoms with van der Waals surface area (Å²) in [7, 11) is 0. The molecule has 3 aliphatic heterocycles. The highest BCUT2D eigenvalue weighted by Crippen LogP contribution is 2.47. The first-order chi connectivity index (χ1) is 23.0. The van der Waals surface area contributed by atoms with Gasteiger partial charge in [0.2, 0.25) is 0 Å². The van der Waals surface area contributed by atoms with Crippen LogP contribution < -0.4 is 15.0 Å². The third-order valence-electron chi connectivity index (χ3n) is 10.4. The van der Waals surface area contributed by atoms with Gasteiger partial charge in [-0.25, -0.2) is 13.2 Å². The number of aromatic nitrogens is 2. The van der Waals surface area contributed by atoms with Crippen molar-refractivity contribution in [2.45, 2.75) is 57.2 Å². The molecule has 4 aromatic rings. The van der Waals surface area contributed by atoms with Gasteiger partial charge in [-0.2, -0.15) is 9.97 Å². The SMILES string of the molecule is C#Cc1c(F)ccc2cc(O)cc(-c3c(F)cc4c(N5CC6CCC(C5)N6)nc(OCC5(CN6CCOC(C)(C)C6)CC5)nc4c3F)c12. The van der Waals surface area contributed by atoms with Crippen LogP contribution in [0.2, 0.25) is 0 Å². The number of fused-ring (bicyclic) bond motifs is 4. The number of ether oxygens (including phenoxy) is 2. The molecule has 0 spiro atoms. The zero-order valence-corrected chi connectivity index (χ0v) is 27.1. The van der Waals surface area contributed by atoms with Gasteiger partial charge in [-0.3, -0.25) is 4.90 Å². The van der Waals surface area contributed by atoms with Crippen LogP contribution in [-0.4, -0.2) is 83.6 Å². The molecule has 1 aliphatic carbocycles. The number of aromatic hydroxyl groups is 1. The number of rotatable bonds is 7. The van der Waals surface area contributed by atoms with E-state index >= 15 is 8.78 Å². The highest BCUT2D eigenvalue weighted by atomic mass is 19.1. The Bertz CT molecular complexity index is 1980. The van der Waals surface area contributed by atoms with E-state index in [-0.39, 0.29) is 62.3 Å². The van der Waals surface area contributed by atoms with E-state index in [4.69, 9.17) is 20.9 Å². The molecular formula is C37H38F3N5O3. The number of hydrogen-bond donors (Lipinski definition) is 2. The molecule has 1 saturated carbocycles. The van der Waals surface area contributed by atoms with Gasteiger partial charge in [-0.15, -0.1) is 6.42 Å². The molecule has 2 bridgehead atoms. The van der Waals surface area contributed by atoms with E-state index in [1.807, 2.05) is 0 Å². The Morgan fingerprint density at radius 3 is 2.56 bits per heavy atom. The van der Waals surface area contributed by atoms with Crippen molar-refractivity contribution in [3.8, 4) is 35.2 Å². The van der Waals surface area contributed by atoms with Crippen molar-refractivity contribution in [2.75, 3.05) is 50.8 Å². The number of anilines is 1. The largest absolute Gasteiger partial charge is 0.508 e. The molecule has 0 amide bonds. The summed E-state index contributed by atoms with van der Waals surface area (Å²) in [6.45, 7) is 9.01. The number of benzene rings is 3. The third-order valence-corrected chi connectivity index (χ3v) is 10.4. The van der Waals surface area contributed by atoms with E-state index < -0.39 is 23.0 Å². The van der Waals surface area contributed by atoms with Gasteiger partial charge in [-0.05, 0) is 69.2 Å². The van der Waals surface area contributed by atoms with Gasteiger partial charge in [-0.1, -0.05) is 12.0 Å². The van der Waals surface area contributed by atoms with E-state index in [1.165, 1.54) is 30.3 Å². The second kappa shape index (κ2) is 11.5. The van der Waals surface area contributed by atoms with Crippen LogP contribution in [0.15, 0.2) is 30.3 Å². The minimum atomic E-state index is -0.965. The summed E-state index contributed by atoms with van der Waals surface area (Å²) >= 11 is 0. The summed E-state index contributed by atoms with van der Waals surface area (Å²) in [6, 6.07) is 6.91. The van der Waals surface area contributed by atoms with Crippen LogP contribution in [0.25, 0.3) is 32.8 Å². The lowest BCUT2D eigenvalue weighted by molar-refractivity contribution is -0.0912. The number of halogens is 3. The highest BCUT2D eigenvalue weighted by Gasteiger charge is 2.46. The molecule has 4 fully saturated rings. The maximum absolute atomic E-state index is 16.9. The monoisotopic (exact) mass is 657 g/mol. The number of terminal acetylenes is 1. The van der Waals surface area contributed by atoms with Crippen molar-refractivity contribution in [1.29, 1.82) is 0 Å². The van der Waals surface area contributed by atoms with Crippen molar-refractivity contribution in [3.05, 3.63) is 53.3 Å². The number of nitrogens with zero attached hydrogens (tertiary/aromatic N) is 4. The minimum absolute atomic E-state index is 0.0181. The van der Waals surface area contributed by atoms with Crippen LogP contribution in [0.4, 0.5) is 19.0 Å². The lowest BCUT2D eigenvalue weighted by Crippen LogP contribution is -2.51. The Hall–Kier alpha value is -4.11. The van der Waals surface area contributed by atoms with Crippen molar-refractivity contribution in [3.63, 3.8) is 0 Å². The number of hydrogen-bond acceptors (Lipinski definition) is 8. The maximum Gasteiger partial charge on any atom is 0.319 e. The van der Waals surface area contributed by atoms with Crippen LogP contribution >= 0.6 is 0 Å². The molecule has 4 aliphatic rings. The van der Waals surface area contributed by atoms with Crippen LogP contribution in [0.3, 0.4) is 0 Å². The van der Waals surface area contributed by atoms with Crippen LogP contribution in [-0.2, 0) is 4.74 Å². The fourth-order valence-electron chi connectivity index (χ4n) is 7.91. The molecule has 8 rings (SSSR count). The standard InChI is InChI=1S/C37H38F3N5O3/c1-4-25-28(38)8-5-21-13-24(46)14-26(30(21)25)31-29(39)15-27-33(32(31)40)42-35(43-34(27)45-16-22-6-7-23(17-45)41-22)47-20-37(9-10-37)19-44-11-12-48-36(2,3)18-44/h1,5,8,13-15,22-23,41,46H,6-7,9-12,16-20H2,2-3H3. The summed E-state index contributed by atoms with van der Waals surface area (Å²) < 4.78 is 60.3. The second-order valence-electron chi connectivity index (χ2n) is 14.6. The molecule has 0 radical (unpaired) electrons. The Morgan fingerprint density at radius 1 is 1.08 bits per heavy atom. The van der Waals surface area contributed by atoms with Gasteiger partial charge in [0, 0.05) is 66.6 Å². The molecule has 48 heavy (non-hydrogen) atoms. The molecule has 2 atom stereocenters. The topological polar surface area (TPSA) is 83.0 Å². The Morgan fingerprint density at radius 2 is 1.85 bits per heavy atom. The van der Waals surface area contributed by atoms with E-state index in [0.29, 0.717) is 37.5 Å². The van der Waals surface area contributed by atoms with Crippen molar-refractivity contribution < 1.29 is 27.8 Å². The normalized spacial score (nSPS) is 23.0. The number of piperazine rings is 1. The Balaban J connectivity index is 1.22. The quantitative estimate of drug-likeness (QED) is 0.243. The first kappa shape index (κ1) is 31.2. The fourth-order valence-corrected chi connectivity index (χ4v) is 7.91. The predicted molar refractivity (Wildman–Crippen MR) is 178 cm³/mol. The number of phenolic OH excluding ortho intramolecular Hbond substituents is 1. The summed E-state index contributed by atoms with van der Waals surface area (Å²) in [5, 5.41) is 14.8. The molecule has 2 N–H and O–H groups in total. The molecule has 3 aromatic carbocycles. The summed E-state index contributed by atoms with van der Waals surface area (Å²) in [6.07, 6.45) is 9.68. The molecule has 8 nitrogen and oxygen atoms in total. The zero-order valence-electron chi connectivity index (χ0n) is 27.1. The minimum Gasteiger partial charge on any atom is -0.508 e. The number of morpholine rings is 1. The average molecular weight is 658 g/mol. The number of phenols is 1. The lowest BCUT2D eigenvalue weighted by Gasteiger charge is -2.39. The van der Waals surface area contributed by atoms with Gasteiger partial charge >= 0.3 is 6.01 Å². The predicted octanol–water partition coefficient (Wildman–Crippen LogP) is 5.76. The summed E-state index contributed by atoms with van der Waals surface area (Å²) in [4.78, 5) is 13.8. The van der Waals surface area contributed by atoms with Gasteiger partial charge in [0.15, 0.2) is 5.82 Å². The van der Waals surface area contributed by atoms with Crippen LogP contribution in [0.1, 0.15) is 45.1 Å². The van der Waals surface area contributed by atoms with E-state index in [9.17, 15) is 9.50 Å². The van der Waals surface area contributed by atoms with Crippen molar-refractivity contribution >= 4 is 27.5 Å². The van der Waals surface area contributed by atoms with Crippen LogP contribution in [0.5, 0.6) is 11.8 Å². The first-order valence-electron chi connectivity index (χ1n) is 16.6. The van der Waals surface area contributed by atoms with Gasteiger partial charge in [0.05, 0.1) is 29.9 Å². The highest BCUT2D eigenvalue weighted by molar-refractivity contribution is 6.04. The average Bonchev–Trinajstić information content (AvgIpc) is 3.72. The van der Waals surface area contributed by atoms with E-state index in [2.05, 4.69) is 39.9 Å². The molecule has 250 valence electrons. The first-order valence-corrected chi connectivity index (χ1v) is 16.6. The van der Waals surface area contributed by atoms with Gasteiger partial charge in [0.25, 0.3) is 0 Å². The van der Waals surface area contributed by atoms with E-state index in [1.54, 1.807) is 0 Å². The molecular weight excluding hydrogens is 619 g/mol. The molecule has 11 heteroatoms. The van der Waals surface area contributed by atoms with Gasteiger partial charge in [0.1, 0.15) is 28.7 Å². The van der Waals surface area contributed by atoms with Crippen LogP contribution in [0, 0.1) is 35.2 Å². The smallest absolute Gasteiger partial charge is 0.319 e. The lowest BCUT2D eigenvalue weighted by atomic mass is 9.92.